The maximum Gasteiger partial charge on any atom is 0.0443 e. The molecule has 2 aliphatic rings. The van der Waals surface area contributed by atoms with Gasteiger partial charge in [0.15, 0.2) is 0 Å². The van der Waals surface area contributed by atoms with Gasteiger partial charge in [0.25, 0.3) is 0 Å². The zero-order chi connectivity index (χ0) is 40.7. The van der Waals surface area contributed by atoms with E-state index >= 15 is 0 Å². The Balaban J connectivity index is 0.962. The highest BCUT2D eigenvalue weighted by Gasteiger charge is 2.23. The SMILES string of the molecule is c1ccc(-c2ccc3c(c2)CCCN3c2ccc3c(c2)c2ccccc2c2cc4c5ccc(N6CCCc7cc(-c8ccccc8)ccc76)cc5c5ccccc5c4cc32)cc1. The van der Waals surface area contributed by atoms with Gasteiger partial charge in [-0.2, -0.15) is 0 Å². The molecule has 0 aromatic heterocycles. The van der Waals surface area contributed by atoms with Crippen molar-refractivity contribution < 1.29 is 0 Å². The highest BCUT2D eigenvalue weighted by molar-refractivity contribution is 6.33. The van der Waals surface area contributed by atoms with E-state index in [1.165, 1.54) is 121 Å². The Morgan fingerprint density at radius 3 is 1.02 bits per heavy atom. The van der Waals surface area contributed by atoms with Crippen LogP contribution in [0.5, 0.6) is 0 Å². The lowest BCUT2D eigenvalue weighted by molar-refractivity contribution is 0.767. The molecule has 62 heavy (non-hydrogen) atoms. The molecule has 11 aromatic rings. The van der Waals surface area contributed by atoms with Crippen LogP contribution in [-0.4, -0.2) is 13.1 Å². The Hall–Kier alpha value is -7.42. The van der Waals surface area contributed by atoms with Crippen molar-refractivity contribution in [1.82, 2.24) is 0 Å². The van der Waals surface area contributed by atoms with Gasteiger partial charge in [-0.1, -0.05) is 133 Å². The van der Waals surface area contributed by atoms with E-state index in [9.17, 15) is 0 Å². The summed E-state index contributed by atoms with van der Waals surface area (Å²) >= 11 is 0. The summed E-state index contributed by atoms with van der Waals surface area (Å²) < 4.78 is 0. The van der Waals surface area contributed by atoms with Crippen molar-refractivity contribution in [3.63, 3.8) is 0 Å². The minimum absolute atomic E-state index is 1.01. The molecule has 0 radical (unpaired) electrons. The Bertz CT molecular complexity index is 3350. The van der Waals surface area contributed by atoms with Crippen LogP contribution in [-0.2, 0) is 12.8 Å². The fourth-order valence-corrected chi connectivity index (χ4v) is 11.1. The molecule has 13 rings (SSSR count). The molecule has 294 valence electrons. The van der Waals surface area contributed by atoms with Crippen LogP contribution >= 0.6 is 0 Å². The van der Waals surface area contributed by atoms with Gasteiger partial charge in [0, 0.05) is 35.8 Å². The van der Waals surface area contributed by atoms with Crippen molar-refractivity contribution in [3.8, 4) is 22.3 Å². The second kappa shape index (κ2) is 14.1. The average molecular weight is 793 g/mol. The topological polar surface area (TPSA) is 6.48 Å². The third-order valence-electron chi connectivity index (χ3n) is 14.0. The second-order valence-electron chi connectivity index (χ2n) is 17.4. The van der Waals surface area contributed by atoms with Gasteiger partial charge in [0.2, 0.25) is 0 Å². The summed E-state index contributed by atoms with van der Waals surface area (Å²) in [5.74, 6) is 0. The highest BCUT2D eigenvalue weighted by Crippen LogP contribution is 2.46. The van der Waals surface area contributed by atoms with Crippen LogP contribution in [0.2, 0.25) is 0 Å². The molecule has 0 amide bonds. The molecule has 0 spiro atoms. The van der Waals surface area contributed by atoms with Crippen molar-refractivity contribution in [2.24, 2.45) is 0 Å². The van der Waals surface area contributed by atoms with E-state index in [0.717, 1.165) is 38.8 Å². The standard InChI is InChI=1S/C60H44N2/c1-3-13-39(14-4-1)41-23-29-59-43(33-41)17-11-31-61(59)45-25-27-51-53(35-45)47-19-7-9-21-49(47)55-38-58-52-28-26-46(36-54(52)48-20-8-10-22-50(48)56(58)37-57(51)55)62-32-12-18-44-34-42(24-30-60(44)62)40-15-5-2-6-16-40/h1-10,13-16,19-30,33-38H,11-12,17-18,31-32H2. The van der Waals surface area contributed by atoms with E-state index in [2.05, 4.69) is 204 Å². The quantitative estimate of drug-likeness (QED) is 0.129. The molecule has 0 aliphatic carbocycles. The monoisotopic (exact) mass is 792 g/mol. The largest absolute Gasteiger partial charge is 0.341 e. The van der Waals surface area contributed by atoms with Gasteiger partial charge < -0.3 is 9.80 Å². The van der Waals surface area contributed by atoms with Crippen LogP contribution in [0.1, 0.15) is 24.0 Å². The lowest BCUT2D eigenvalue weighted by Crippen LogP contribution is -2.24. The number of nitrogens with zero attached hydrogens (tertiary/aromatic N) is 2. The highest BCUT2D eigenvalue weighted by atomic mass is 15.1. The van der Waals surface area contributed by atoms with E-state index in [-0.39, 0.29) is 0 Å². The van der Waals surface area contributed by atoms with Crippen molar-refractivity contribution >= 4 is 87.4 Å². The van der Waals surface area contributed by atoms with Crippen LogP contribution in [0.15, 0.2) is 194 Å². The lowest BCUT2D eigenvalue weighted by Gasteiger charge is -2.32. The first-order chi connectivity index (χ1) is 30.7. The van der Waals surface area contributed by atoms with Gasteiger partial charge in [-0.3, -0.25) is 0 Å². The average Bonchev–Trinajstić information content (AvgIpc) is 3.35. The van der Waals surface area contributed by atoms with Gasteiger partial charge in [0.1, 0.15) is 0 Å². The Kier molecular flexibility index (Phi) is 8.03. The molecule has 0 unspecified atom stereocenters. The number of hydrogen-bond donors (Lipinski definition) is 0. The first kappa shape index (κ1) is 35.3. The molecule has 0 saturated heterocycles. The first-order valence-electron chi connectivity index (χ1n) is 22.3. The van der Waals surface area contributed by atoms with E-state index in [4.69, 9.17) is 0 Å². The normalized spacial score (nSPS) is 14.0. The Morgan fingerprint density at radius 1 is 0.258 bits per heavy atom. The minimum atomic E-state index is 1.01. The summed E-state index contributed by atoms with van der Waals surface area (Å²) in [5.41, 5.74) is 13.2. The van der Waals surface area contributed by atoms with Crippen molar-refractivity contribution in [1.29, 1.82) is 0 Å². The zero-order valence-electron chi connectivity index (χ0n) is 34.6. The Labute approximate surface area is 361 Å². The molecule has 0 bridgehead atoms. The number of aryl methyl sites for hydroxylation is 2. The lowest BCUT2D eigenvalue weighted by atomic mass is 9.88. The first-order valence-corrected chi connectivity index (χ1v) is 22.3. The molecule has 2 heteroatoms. The molecular weight excluding hydrogens is 749 g/mol. The number of hydrogen-bond acceptors (Lipinski definition) is 2. The maximum absolute atomic E-state index is 2.55. The van der Waals surface area contributed by atoms with Gasteiger partial charge in [0.05, 0.1) is 0 Å². The zero-order valence-corrected chi connectivity index (χ0v) is 34.6. The van der Waals surface area contributed by atoms with Gasteiger partial charge >= 0.3 is 0 Å². The molecule has 11 aromatic carbocycles. The molecule has 0 atom stereocenters. The number of fused-ring (bicyclic) bond motifs is 14. The molecular formula is C60H44N2. The second-order valence-corrected chi connectivity index (χ2v) is 17.4. The third kappa shape index (κ3) is 5.56. The number of rotatable bonds is 4. The molecule has 2 nitrogen and oxygen atoms in total. The maximum atomic E-state index is 2.55. The molecule has 0 N–H and O–H groups in total. The molecule has 2 aliphatic heterocycles. The molecule has 0 saturated carbocycles. The van der Waals surface area contributed by atoms with Crippen LogP contribution in [0.3, 0.4) is 0 Å². The van der Waals surface area contributed by atoms with Crippen LogP contribution in [0.25, 0.3) is 86.9 Å². The summed E-state index contributed by atoms with van der Waals surface area (Å²) in [6.45, 7) is 2.03. The number of benzene rings is 11. The summed E-state index contributed by atoms with van der Waals surface area (Å²) in [6, 6.07) is 73.2. The summed E-state index contributed by atoms with van der Waals surface area (Å²) in [4.78, 5) is 5.09. The fourth-order valence-electron chi connectivity index (χ4n) is 11.1. The predicted octanol–water partition coefficient (Wildman–Crippen LogP) is 16.1. The van der Waals surface area contributed by atoms with Crippen molar-refractivity contribution in [2.75, 3.05) is 22.9 Å². The smallest absolute Gasteiger partial charge is 0.0443 e. The molecule has 2 heterocycles. The summed E-state index contributed by atoms with van der Waals surface area (Å²) in [6.07, 6.45) is 4.48. The molecule has 0 fully saturated rings. The third-order valence-corrected chi connectivity index (χ3v) is 14.0. The van der Waals surface area contributed by atoms with Crippen LogP contribution < -0.4 is 9.80 Å². The van der Waals surface area contributed by atoms with E-state index in [1.54, 1.807) is 0 Å². The summed E-state index contributed by atoms with van der Waals surface area (Å²) in [7, 11) is 0. The minimum Gasteiger partial charge on any atom is -0.341 e. The Morgan fingerprint density at radius 2 is 0.613 bits per heavy atom. The van der Waals surface area contributed by atoms with Crippen LogP contribution in [0.4, 0.5) is 22.7 Å². The van der Waals surface area contributed by atoms with Gasteiger partial charge in [-0.15, -0.1) is 0 Å². The van der Waals surface area contributed by atoms with E-state index < -0.39 is 0 Å². The number of anilines is 4. The van der Waals surface area contributed by atoms with E-state index in [0.29, 0.717) is 0 Å². The van der Waals surface area contributed by atoms with E-state index in [1.807, 2.05) is 0 Å². The van der Waals surface area contributed by atoms with Crippen molar-refractivity contribution in [2.45, 2.75) is 25.7 Å². The van der Waals surface area contributed by atoms with Gasteiger partial charge in [-0.25, -0.2) is 0 Å². The van der Waals surface area contributed by atoms with Crippen LogP contribution in [0, 0.1) is 0 Å². The van der Waals surface area contributed by atoms with Gasteiger partial charge in [-0.05, 0) is 184 Å². The predicted molar refractivity (Wildman–Crippen MR) is 266 cm³/mol. The fraction of sp³-hybridized carbons (Fsp3) is 0.100. The summed E-state index contributed by atoms with van der Waals surface area (Å²) in [5, 5.41) is 15.7. The van der Waals surface area contributed by atoms with Crippen molar-refractivity contribution in [3.05, 3.63) is 205 Å².